The number of rotatable bonds is 3. The molecule has 2 unspecified atom stereocenters. The third-order valence-corrected chi connectivity index (χ3v) is 4.08. The fourth-order valence-corrected chi connectivity index (χ4v) is 2.67. The van der Waals surface area contributed by atoms with Gasteiger partial charge in [-0.25, -0.2) is 0 Å². The van der Waals surface area contributed by atoms with E-state index >= 15 is 0 Å². The Hall–Kier alpha value is -0.770. The van der Waals surface area contributed by atoms with E-state index in [2.05, 4.69) is 0 Å². The number of benzene rings is 1. The van der Waals surface area contributed by atoms with Gasteiger partial charge in [0.25, 0.3) is 0 Å². The second-order valence-electron chi connectivity index (χ2n) is 4.58. The molecule has 118 valence electrons. The lowest BCUT2D eigenvalue weighted by molar-refractivity contribution is -0.147. The van der Waals surface area contributed by atoms with Gasteiger partial charge in [0.05, 0.1) is 23.3 Å². The minimum atomic E-state index is -0.444. The average Bonchev–Trinajstić information content (AvgIpc) is 2.54. The van der Waals surface area contributed by atoms with Crippen LogP contribution in [0.15, 0.2) is 18.2 Å². The molecule has 1 aromatic rings. The largest absolute Gasteiger partial charge is 0.468 e. The van der Waals surface area contributed by atoms with E-state index in [4.69, 9.17) is 32.7 Å². The Kier molecular flexibility index (Phi) is 8.09. The SMILES string of the molecule is CC.COC(=O)C(c1ccc(Cl)c(Cl)c1)C1CCCCO1. The maximum atomic E-state index is 12.0. The molecule has 0 aromatic heterocycles. The quantitative estimate of drug-likeness (QED) is 0.742. The minimum Gasteiger partial charge on any atom is -0.468 e. The summed E-state index contributed by atoms with van der Waals surface area (Å²) in [7, 11) is 1.38. The Morgan fingerprint density at radius 3 is 2.52 bits per heavy atom. The van der Waals surface area contributed by atoms with Gasteiger partial charge in [0.15, 0.2) is 0 Å². The molecule has 0 bridgehead atoms. The molecule has 2 rings (SSSR count). The van der Waals surface area contributed by atoms with Crippen LogP contribution >= 0.6 is 23.2 Å². The first-order valence-corrected chi connectivity index (χ1v) is 8.03. The van der Waals surface area contributed by atoms with Crippen molar-refractivity contribution in [1.29, 1.82) is 0 Å². The van der Waals surface area contributed by atoms with E-state index in [0.29, 0.717) is 16.7 Å². The van der Waals surface area contributed by atoms with Gasteiger partial charge in [0.1, 0.15) is 5.92 Å². The third-order valence-electron chi connectivity index (χ3n) is 3.34. The summed E-state index contributed by atoms with van der Waals surface area (Å²) in [4.78, 5) is 12.0. The van der Waals surface area contributed by atoms with Gasteiger partial charge in [-0.15, -0.1) is 0 Å². The molecule has 3 nitrogen and oxygen atoms in total. The van der Waals surface area contributed by atoms with E-state index in [0.717, 1.165) is 24.8 Å². The number of hydrogen-bond donors (Lipinski definition) is 0. The van der Waals surface area contributed by atoms with Gasteiger partial charge in [0, 0.05) is 6.61 Å². The van der Waals surface area contributed by atoms with E-state index in [1.54, 1.807) is 18.2 Å². The first kappa shape index (κ1) is 18.3. The highest BCUT2D eigenvalue weighted by molar-refractivity contribution is 6.42. The van der Waals surface area contributed by atoms with Gasteiger partial charge < -0.3 is 9.47 Å². The molecular formula is C16H22Cl2O3. The number of halogens is 2. The van der Waals surface area contributed by atoms with E-state index in [1.807, 2.05) is 13.8 Å². The molecule has 0 N–H and O–H groups in total. The van der Waals surface area contributed by atoms with Crippen LogP contribution in [-0.2, 0) is 14.3 Å². The van der Waals surface area contributed by atoms with Crippen molar-refractivity contribution < 1.29 is 14.3 Å². The third kappa shape index (κ3) is 4.87. The molecule has 1 aromatic carbocycles. The van der Waals surface area contributed by atoms with Crippen molar-refractivity contribution in [3.8, 4) is 0 Å². The summed E-state index contributed by atoms with van der Waals surface area (Å²) in [6, 6.07) is 5.20. The maximum absolute atomic E-state index is 12.0. The number of ether oxygens (including phenoxy) is 2. The van der Waals surface area contributed by atoms with Crippen LogP contribution in [0, 0.1) is 0 Å². The monoisotopic (exact) mass is 332 g/mol. The van der Waals surface area contributed by atoms with Crippen LogP contribution in [0.5, 0.6) is 0 Å². The number of methoxy groups -OCH3 is 1. The fourth-order valence-electron chi connectivity index (χ4n) is 2.36. The number of carbonyl (C=O) groups is 1. The van der Waals surface area contributed by atoms with Gasteiger partial charge in [-0.3, -0.25) is 4.79 Å². The molecule has 1 saturated heterocycles. The molecule has 1 aliphatic heterocycles. The van der Waals surface area contributed by atoms with Gasteiger partial charge in [-0.1, -0.05) is 43.1 Å². The Morgan fingerprint density at radius 1 is 1.29 bits per heavy atom. The molecule has 1 aliphatic rings. The number of carbonyl (C=O) groups excluding carboxylic acids is 1. The van der Waals surface area contributed by atoms with Gasteiger partial charge in [0.2, 0.25) is 0 Å². The summed E-state index contributed by atoms with van der Waals surface area (Å²) in [6.07, 6.45) is 2.78. The lowest BCUT2D eigenvalue weighted by atomic mass is 9.89. The molecular weight excluding hydrogens is 311 g/mol. The van der Waals surface area contributed by atoms with E-state index < -0.39 is 5.92 Å². The van der Waals surface area contributed by atoms with E-state index in [-0.39, 0.29) is 12.1 Å². The molecule has 1 heterocycles. The van der Waals surface area contributed by atoms with E-state index in [1.165, 1.54) is 7.11 Å². The molecule has 0 aliphatic carbocycles. The average molecular weight is 333 g/mol. The minimum absolute atomic E-state index is 0.154. The van der Waals surface area contributed by atoms with Gasteiger partial charge >= 0.3 is 5.97 Å². The predicted molar refractivity (Wildman–Crippen MR) is 86.2 cm³/mol. The topological polar surface area (TPSA) is 35.5 Å². The Morgan fingerprint density at radius 2 is 2.00 bits per heavy atom. The van der Waals surface area contributed by atoms with Crippen molar-refractivity contribution >= 4 is 29.2 Å². The Labute approximate surface area is 136 Å². The smallest absolute Gasteiger partial charge is 0.315 e. The van der Waals surface area contributed by atoms with Crippen molar-refractivity contribution in [2.24, 2.45) is 0 Å². The zero-order chi connectivity index (χ0) is 15.8. The van der Waals surface area contributed by atoms with Crippen molar-refractivity contribution in [1.82, 2.24) is 0 Å². The van der Waals surface area contributed by atoms with Crippen LogP contribution < -0.4 is 0 Å². The molecule has 5 heteroatoms. The lowest BCUT2D eigenvalue weighted by Crippen LogP contribution is -2.32. The molecule has 0 saturated carbocycles. The van der Waals surface area contributed by atoms with E-state index in [9.17, 15) is 4.79 Å². The summed E-state index contributed by atoms with van der Waals surface area (Å²) in [5.41, 5.74) is 0.785. The standard InChI is InChI=1S/C14H16Cl2O3.C2H6/c1-18-14(17)13(12-4-2-3-7-19-12)9-5-6-10(15)11(16)8-9;1-2/h5-6,8,12-13H,2-4,7H2,1H3;1-2H3. The summed E-state index contributed by atoms with van der Waals surface area (Å²) in [6.45, 7) is 4.68. The van der Waals surface area contributed by atoms with Crippen molar-refractivity contribution in [2.45, 2.75) is 45.1 Å². The Balaban J connectivity index is 0.00000106. The summed E-state index contributed by atoms with van der Waals surface area (Å²) in [5.74, 6) is -0.745. The van der Waals surface area contributed by atoms with Crippen LogP contribution in [-0.4, -0.2) is 25.8 Å². The Bertz CT molecular complexity index is 457. The summed E-state index contributed by atoms with van der Waals surface area (Å²) in [5, 5.41) is 0.905. The first-order chi connectivity index (χ1) is 10.1. The number of hydrogen-bond acceptors (Lipinski definition) is 3. The molecule has 1 fully saturated rings. The van der Waals surface area contributed by atoms with Crippen LogP contribution in [0.3, 0.4) is 0 Å². The zero-order valence-corrected chi connectivity index (χ0v) is 14.2. The fraction of sp³-hybridized carbons (Fsp3) is 0.562. The van der Waals surface area contributed by atoms with Gasteiger partial charge in [-0.05, 0) is 37.0 Å². The molecule has 0 spiro atoms. The van der Waals surface area contributed by atoms with Crippen LogP contribution in [0.4, 0.5) is 0 Å². The second-order valence-corrected chi connectivity index (χ2v) is 5.39. The summed E-state index contributed by atoms with van der Waals surface area (Å²) >= 11 is 11.9. The van der Waals surface area contributed by atoms with Crippen molar-refractivity contribution in [3.05, 3.63) is 33.8 Å². The molecule has 21 heavy (non-hydrogen) atoms. The van der Waals surface area contributed by atoms with Crippen LogP contribution in [0.1, 0.15) is 44.6 Å². The molecule has 2 atom stereocenters. The highest BCUT2D eigenvalue weighted by Crippen LogP contribution is 2.33. The first-order valence-electron chi connectivity index (χ1n) is 7.28. The normalized spacial score (nSPS) is 19.2. The second kappa shape index (κ2) is 9.29. The number of esters is 1. The van der Waals surface area contributed by atoms with Crippen molar-refractivity contribution in [3.63, 3.8) is 0 Å². The van der Waals surface area contributed by atoms with Crippen molar-refractivity contribution in [2.75, 3.05) is 13.7 Å². The molecule has 0 amide bonds. The maximum Gasteiger partial charge on any atom is 0.315 e. The molecule has 0 radical (unpaired) electrons. The predicted octanol–water partition coefficient (Wildman–Crippen LogP) is 4.85. The highest BCUT2D eigenvalue weighted by Gasteiger charge is 2.33. The van der Waals surface area contributed by atoms with Crippen LogP contribution in [0.25, 0.3) is 0 Å². The summed E-state index contributed by atoms with van der Waals surface area (Å²) < 4.78 is 10.6. The highest BCUT2D eigenvalue weighted by atomic mass is 35.5. The van der Waals surface area contributed by atoms with Crippen LogP contribution in [0.2, 0.25) is 10.0 Å². The van der Waals surface area contributed by atoms with Gasteiger partial charge in [-0.2, -0.15) is 0 Å². The lowest BCUT2D eigenvalue weighted by Gasteiger charge is -2.29. The zero-order valence-electron chi connectivity index (χ0n) is 12.7.